The molecule has 4 heterocycles. The molecule has 0 radical (unpaired) electrons. The number of aromatic nitrogens is 4. The molecule has 144 valence electrons. The molecule has 0 aromatic carbocycles. The fourth-order valence-corrected chi connectivity index (χ4v) is 3.88. The zero-order chi connectivity index (χ0) is 18.7. The number of hydrogen-bond acceptors (Lipinski definition) is 6. The van der Waals surface area contributed by atoms with Crippen LogP contribution < -0.4 is 4.74 Å². The third kappa shape index (κ3) is 4.27. The third-order valence-electron chi connectivity index (χ3n) is 5.35. The van der Waals surface area contributed by atoms with Gasteiger partial charge in [-0.2, -0.15) is 5.10 Å². The highest BCUT2D eigenvalue weighted by Crippen LogP contribution is 2.36. The van der Waals surface area contributed by atoms with Gasteiger partial charge >= 0.3 is 6.01 Å². The summed E-state index contributed by atoms with van der Waals surface area (Å²) in [7, 11) is 0. The van der Waals surface area contributed by atoms with Gasteiger partial charge < -0.3 is 14.4 Å². The van der Waals surface area contributed by atoms with Gasteiger partial charge in [-0.25, -0.2) is 9.97 Å². The lowest BCUT2D eigenvalue weighted by molar-refractivity contribution is -0.152. The number of amides is 1. The predicted molar refractivity (Wildman–Crippen MR) is 97.1 cm³/mol. The van der Waals surface area contributed by atoms with Gasteiger partial charge in [0.25, 0.3) is 0 Å². The van der Waals surface area contributed by atoms with Crippen LogP contribution in [0.25, 0.3) is 0 Å². The number of piperidine rings is 1. The Balaban J connectivity index is 1.31. The van der Waals surface area contributed by atoms with Crippen LogP contribution in [0.5, 0.6) is 6.01 Å². The number of hydrogen-bond donors (Lipinski definition) is 0. The van der Waals surface area contributed by atoms with E-state index in [9.17, 15) is 4.79 Å². The van der Waals surface area contributed by atoms with Crippen molar-refractivity contribution in [3.8, 4) is 6.01 Å². The summed E-state index contributed by atoms with van der Waals surface area (Å²) in [6.45, 7) is 4.33. The number of likely N-dealkylation sites (tertiary alicyclic amines) is 1. The lowest BCUT2D eigenvalue weighted by atomic mass is 9.83. The summed E-state index contributed by atoms with van der Waals surface area (Å²) in [6, 6.07) is 2.19. The molecule has 0 saturated carbocycles. The van der Waals surface area contributed by atoms with E-state index in [1.165, 1.54) is 0 Å². The Morgan fingerprint density at radius 3 is 2.81 bits per heavy atom. The zero-order valence-electron chi connectivity index (χ0n) is 15.6. The number of ether oxygens (including phenoxy) is 2. The van der Waals surface area contributed by atoms with Crippen LogP contribution >= 0.6 is 0 Å². The number of nitrogens with zero attached hydrogens (tertiary/aromatic N) is 5. The summed E-state index contributed by atoms with van der Waals surface area (Å²) >= 11 is 0. The second-order valence-corrected chi connectivity index (χ2v) is 7.39. The summed E-state index contributed by atoms with van der Waals surface area (Å²) in [5.41, 5.74) is 0.848. The lowest BCUT2D eigenvalue weighted by Crippen LogP contribution is -2.53. The molecule has 1 amide bonds. The van der Waals surface area contributed by atoms with E-state index in [4.69, 9.17) is 9.47 Å². The van der Waals surface area contributed by atoms with Crippen molar-refractivity contribution in [1.82, 2.24) is 24.6 Å². The van der Waals surface area contributed by atoms with Crippen molar-refractivity contribution in [2.24, 2.45) is 0 Å². The quantitative estimate of drug-likeness (QED) is 0.812. The van der Waals surface area contributed by atoms with Crippen molar-refractivity contribution in [1.29, 1.82) is 0 Å². The molecular formula is C19H25N5O3. The molecular weight excluding hydrogens is 346 g/mol. The maximum atomic E-state index is 12.5. The highest BCUT2D eigenvalue weighted by atomic mass is 16.5. The molecule has 2 saturated heterocycles. The summed E-state index contributed by atoms with van der Waals surface area (Å²) in [4.78, 5) is 22.7. The van der Waals surface area contributed by atoms with Gasteiger partial charge in [0.05, 0.1) is 18.4 Å². The molecule has 8 nitrogen and oxygen atoms in total. The van der Waals surface area contributed by atoms with Crippen molar-refractivity contribution in [2.75, 3.05) is 19.7 Å². The maximum absolute atomic E-state index is 12.5. The highest BCUT2D eigenvalue weighted by molar-refractivity contribution is 5.76. The Hall–Kier alpha value is -2.48. The molecule has 0 aliphatic carbocycles. The van der Waals surface area contributed by atoms with E-state index in [0.717, 1.165) is 31.2 Å². The number of aryl methyl sites for hydroxylation is 1. The zero-order valence-corrected chi connectivity index (χ0v) is 15.6. The highest BCUT2D eigenvalue weighted by Gasteiger charge is 2.42. The Morgan fingerprint density at radius 2 is 2.11 bits per heavy atom. The molecule has 2 aromatic heterocycles. The first-order chi connectivity index (χ1) is 13.1. The van der Waals surface area contributed by atoms with Crippen LogP contribution in [0.1, 0.15) is 31.2 Å². The van der Waals surface area contributed by atoms with E-state index >= 15 is 0 Å². The normalized spacial score (nSPS) is 22.0. The first-order valence-corrected chi connectivity index (χ1v) is 9.46. The van der Waals surface area contributed by atoms with Gasteiger partial charge in [-0.05, 0) is 31.4 Å². The molecule has 2 aliphatic heterocycles. The molecule has 8 heteroatoms. The molecule has 1 unspecified atom stereocenters. The number of carbonyl (C=O) groups excluding carboxylic acids is 1. The fourth-order valence-electron chi connectivity index (χ4n) is 3.88. The van der Waals surface area contributed by atoms with Crippen LogP contribution in [0.4, 0.5) is 0 Å². The van der Waals surface area contributed by atoms with Crippen LogP contribution in [0.3, 0.4) is 0 Å². The van der Waals surface area contributed by atoms with Crippen molar-refractivity contribution >= 4 is 5.91 Å². The van der Waals surface area contributed by atoms with E-state index in [1.54, 1.807) is 29.3 Å². The van der Waals surface area contributed by atoms with Crippen LogP contribution in [0.2, 0.25) is 0 Å². The first-order valence-electron chi connectivity index (χ1n) is 9.46. The molecule has 2 aromatic rings. The molecule has 4 rings (SSSR count). The fraction of sp³-hybridized carbons (Fsp3) is 0.579. The van der Waals surface area contributed by atoms with Gasteiger partial charge in [-0.15, -0.1) is 0 Å². The first kappa shape index (κ1) is 17.9. The van der Waals surface area contributed by atoms with Crippen LogP contribution in [0.15, 0.2) is 30.9 Å². The van der Waals surface area contributed by atoms with E-state index in [0.29, 0.717) is 32.3 Å². The molecule has 1 atom stereocenters. The van der Waals surface area contributed by atoms with Gasteiger partial charge in [0, 0.05) is 44.5 Å². The molecule has 0 bridgehead atoms. The van der Waals surface area contributed by atoms with E-state index in [1.807, 2.05) is 18.0 Å². The van der Waals surface area contributed by atoms with E-state index < -0.39 is 0 Å². The van der Waals surface area contributed by atoms with E-state index in [-0.39, 0.29) is 17.6 Å². The second kappa shape index (κ2) is 7.64. The Morgan fingerprint density at radius 1 is 1.33 bits per heavy atom. The smallest absolute Gasteiger partial charge is 0.316 e. The third-order valence-corrected chi connectivity index (χ3v) is 5.35. The maximum Gasteiger partial charge on any atom is 0.316 e. The Labute approximate surface area is 158 Å². The van der Waals surface area contributed by atoms with Gasteiger partial charge in [-0.1, -0.05) is 0 Å². The molecule has 2 fully saturated rings. The summed E-state index contributed by atoms with van der Waals surface area (Å²) in [5, 5.41) is 4.20. The molecule has 2 aliphatic rings. The number of rotatable bonds is 4. The topological polar surface area (TPSA) is 82.4 Å². The molecule has 0 N–H and O–H groups in total. The summed E-state index contributed by atoms with van der Waals surface area (Å²) in [6.07, 6.45) is 10.4. The van der Waals surface area contributed by atoms with Gasteiger partial charge in [0.15, 0.2) is 0 Å². The molecule has 1 spiro atoms. The number of carbonyl (C=O) groups is 1. The van der Waals surface area contributed by atoms with Crippen molar-refractivity contribution < 1.29 is 14.3 Å². The van der Waals surface area contributed by atoms with Crippen LogP contribution in [-0.4, -0.2) is 62.0 Å². The van der Waals surface area contributed by atoms with Gasteiger partial charge in [-0.3, -0.25) is 9.48 Å². The minimum absolute atomic E-state index is 0.0513. The van der Waals surface area contributed by atoms with Crippen molar-refractivity contribution in [3.63, 3.8) is 0 Å². The summed E-state index contributed by atoms with van der Waals surface area (Å²) in [5.74, 6) is 0.106. The van der Waals surface area contributed by atoms with Gasteiger partial charge in [0.1, 0.15) is 12.6 Å². The Kier molecular flexibility index (Phi) is 5.07. The van der Waals surface area contributed by atoms with Crippen molar-refractivity contribution in [2.45, 2.75) is 50.9 Å². The minimum atomic E-state index is -0.212. The predicted octanol–water partition coefficient (Wildman–Crippen LogP) is 1.60. The van der Waals surface area contributed by atoms with Crippen LogP contribution in [-0.2, 0) is 16.1 Å². The SMILES string of the molecule is Cc1cnn(CC(=O)N2CCC3(CC2)CC(Oc2ncccn2)CCO3)c1. The van der Waals surface area contributed by atoms with Crippen molar-refractivity contribution in [3.05, 3.63) is 36.4 Å². The van der Waals surface area contributed by atoms with Gasteiger partial charge in [0.2, 0.25) is 5.91 Å². The van der Waals surface area contributed by atoms with E-state index in [2.05, 4.69) is 15.1 Å². The Bertz CT molecular complexity index is 771. The standard InChI is InChI=1S/C19H25N5O3/c1-15-12-22-24(13-15)14-17(25)23-8-4-19(5-9-23)11-16(3-10-26-19)27-18-20-6-2-7-21-18/h2,6-7,12-13,16H,3-5,8-11,14H2,1H3. The average Bonchev–Trinajstić information content (AvgIpc) is 3.08. The average molecular weight is 371 g/mol. The van der Waals surface area contributed by atoms with Crippen LogP contribution in [0, 0.1) is 6.92 Å². The second-order valence-electron chi connectivity index (χ2n) is 7.39. The lowest BCUT2D eigenvalue weighted by Gasteiger charge is -2.45. The minimum Gasteiger partial charge on any atom is -0.460 e. The molecule has 27 heavy (non-hydrogen) atoms. The monoisotopic (exact) mass is 371 g/mol. The largest absolute Gasteiger partial charge is 0.460 e. The summed E-state index contributed by atoms with van der Waals surface area (Å²) < 4.78 is 13.8.